The molecule has 0 saturated carbocycles. The summed E-state index contributed by atoms with van der Waals surface area (Å²) in [6.07, 6.45) is 2.85. The molecule has 2 atom stereocenters. The van der Waals surface area contributed by atoms with Crippen LogP contribution in [0.4, 0.5) is 0 Å². The van der Waals surface area contributed by atoms with Crippen molar-refractivity contribution < 1.29 is 9.21 Å². The quantitative estimate of drug-likeness (QED) is 0.795. The molecular formula is C17H24N4O2S. The lowest BCUT2D eigenvalue weighted by Gasteiger charge is -2.34. The van der Waals surface area contributed by atoms with E-state index < -0.39 is 0 Å². The first kappa shape index (κ1) is 17.1. The topological polar surface area (TPSA) is 64.2 Å². The van der Waals surface area contributed by atoms with Gasteiger partial charge >= 0.3 is 0 Å². The van der Waals surface area contributed by atoms with Crippen molar-refractivity contribution in [3.63, 3.8) is 0 Å². The zero-order valence-corrected chi connectivity index (χ0v) is 15.5. The van der Waals surface area contributed by atoms with Crippen LogP contribution >= 0.6 is 11.8 Å². The molecule has 6 nitrogen and oxygen atoms in total. The van der Waals surface area contributed by atoms with Crippen LogP contribution in [0.1, 0.15) is 26.0 Å². The minimum atomic E-state index is 0.183. The molecule has 2 aromatic rings. The first-order chi connectivity index (χ1) is 11.5. The van der Waals surface area contributed by atoms with Gasteiger partial charge < -0.3 is 13.9 Å². The molecule has 3 heterocycles. The van der Waals surface area contributed by atoms with E-state index in [1.165, 1.54) is 18.2 Å². The van der Waals surface area contributed by atoms with Crippen molar-refractivity contribution in [3.05, 3.63) is 18.1 Å². The Morgan fingerprint density at radius 2 is 2.04 bits per heavy atom. The molecule has 130 valence electrons. The summed E-state index contributed by atoms with van der Waals surface area (Å²) in [4.78, 5) is 14.5. The number of piperidine rings is 1. The van der Waals surface area contributed by atoms with Crippen molar-refractivity contribution in [1.29, 1.82) is 0 Å². The van der Waals surface area contributed by atoms with Gasteiger partial charge in [-0.15, -0.1) is 10.2 Å². The molecule has 1 amide bonds. The van der Waals surface area contributed by atoms with Gasteiger partial charge in [-0.3, -0.25) is 4.79 Å². The number of hydrogen-bond acceptors (Lipinski definition) is 5. The van der Waals surface area contributed by atoms with E-state index >= 15 is 0 Å². The molecule has 7 heteroatoms. The summed E-state index contributed by atoms with van der Waals surface area (Å²) in [5.74, 6) is 3.31. The van der Waals surface area contributed by atoms with Crippen LogP contribution in [0, 0.1) is 18.8 Å². The van der Waals surface area contributed by atoms with Gasteiger partial charge in [0.15, 0.2) is 11.0 Å². The third kappa shape index (κ3) is 3.50. The number of furan rings is 1. The van der Waals surface area contributed by atoms with Gasteiger partial charge in [-0.1, -0.05) is 25.6 Å². The summed E-state index contributed by atoms with van der Waals surface area (Å²) in [6.45, 7) is 8.06. The number of hydrogen-bond donors (Lipinski definition) is 0. The maximum atomic E-state index is 12.5. The van der Waals surface area contributed by atoms with Crippen molar-refractivity contribution in [2.75, 3.05) is 18.8 Å². The van der Waals surface area contributed by atoms with Crippen LogP contribution in [0.15, 0.2) is 21.9 Å². The zero-order chi connectivity index (χ0) is 17.3. The summed E-state index contributed by atoms with van der Waals surface area (Å²) in [7, 11) is 1.92. The standard InChI is InChI=1S/C17H24N4O2S/c1-11-7-12(2)9-21(8-11)15(22)10-24-17-19-18-16(20(17)4)14-5-6-23-13(14)3/h5-6,11-12H,7-10H2,1-4H3. The van der Waals surface area contributed by atoms with Crippen molar-refractivity contribution in [2.45, 2.75) is 32.3 Å². The Bertz CT molecular complexity index is 714. The molecular weight excluding hydrogens is 324 g/mol. The van der Waals surface area contributed by atoms with Crippen molar-refractivity contribution in [3.8, 4) is 11.4 Å². The maximum absolute atomic E-state index is 12.5. The van der Waals surface area contributed by atoms with Crippen molar-refractivity contribution in [2.24, 2.45) is 18.9 Å². The fourth-order valence-corrected chi connectivity index (χ4v) is 4.19. The Balaban J connectivity index is 1.64. The van der Waals surface area contributed by atoms with E-state index in [4.69, 9.17) is 4.42 Å². The average Bonchev–Trinajstić information content (AvgIpc) is 3.09. The molecule has 0 aliphatic carbocycles. The van der Waals surface area contributed by atoms with Crippen LogP contribution in [-0.2, 0) is 11.8 Å². The summed E-state index contributed by atoms with van der Waals surface area (Å²) in [5, 5.41) is 9.21. The fourth-order valence-electron chi connectivity index (χ4n) is 3.38. The number of carbonyl (C=O) groups excluding carboxylic acids is 1. The molecule has 1 saturated heterocycles. The first-order valence-electron chi connectivity index (χ1n) is 8.30. The minimum Gasteiger partial charge on any atom is -0.469 e. The smallest absolute Gasteiger partial charge is 0.233 e. The number of aryl methyl sites for hydroxylation is 1. The molecule has 0 N–H and O–H groups in total. The van der Waals surface area contributed by atoms with Gasteiger partial charge in [0.1, 0.15) is 5.76 Å². The van der Waals surface area contributed by atoms with E-state index in [-0.39, 0.29) is 5.91 Å². The second-order valence-electron chi connectivity index (χ2n) is 6.79. The predicted octanol–water partition coefficient (Wildman–Crippen LogP) is 2.98. The second kappa shape index (κ2) is 7.01. The van der Waals surface area contributed by atoms with Crippen LogP contribution in [0.3, 0.4) is 0 Å². The van der Waals surface area contributed by atoms with Gasteiger partial charge in [0, 0.05) is 20.1 Å². The van der Waals surface area contributed by atoms with Crippen LogP contribution in [0.5, 0.6) is 0 Å². The Kier molecular flexibility index (Phi) is 4.99. The van der Waals surface area contributed by atoms with Crippen molar-refractivity contribution in [1.82, 2.24) is 19.7 Å². The van der Waals surface area contributed by atoms with Gasteiger partial charge in [-0.25, -0.2) is 0 Å². The van der Waals surface area contributed by atoms with E-state index in [1.54, 1.807) is 6.26 Å². The van der Waals surface area contributed by atoms with Gasteiger partial charge in [-0.2, -0.15) is 0 Å². The van der Waals surface area contributed by atoms with Crippen LogP contribution in [0.25, 0.3) is 11.4 Å². The van der Waals surface area contributed by atoms with Crippen LogP contribution < -0.4 is 0 Å². The minimum absolute atomic E-state index is 0.183. The molecule has 24 heavy (non-hydrogen) atoms. The van der Waals surface area contributed by atoms with E-state index in [1.807, 2.05) is 29.5 Å². The molecule has 3 rings (SSSR count). The molecule has 0 radical (unpaired) electrons. The number of nitrogens with zero attached hydrogens (tertiary/aromatic N) is 4. The number of rotatable bonds is 4. The highest BCUT2D eigenvalue weighted by molar-refractivity contribution is 7.99. The Labute approximate surface area is 146 Å². The first-order valence-corrected chi connectivity index (χ1v) is 9.28. The molecule has 0 spiro atoms. The number of thioether (sulfide) groups is 1. The Morgan fingerprint density at radius 3 is 2.67 bits per heavy atom. The van der Waals surface area contributed by atoms with Gasteiger partial charge in [0.25, 0.3) is 0 Å². The van der Waals surface area contributed by atoms with Crippen LogP contribution in [-0.4, -0.2) is 44.4 Å². The third-order valence-electron chi connectivity index (χ3n) is 4.48. The third-order valence-corrected chi connectivity index (χ3v) is 5.49. The number of amides is 1. The lowest BCUT2D eigenvalue weighted by atomic mass is 9.92. The largest absolute Gasteiger partial charge is 0.469 e. The van der Waals surface area contributed by atoms with E-state index in [0.29, 0.717) is 17.6 Å². The van der Waals surface area contributed by atoms with Gasteiger partial charge in [-0.05, 0) is 31.2 Å². The zero-order valence-electron chi connectivity index (χ0n) is 14.7. The number of carbonyl (C=O) groups is 1. The van der Waals surface area contributed by atoms with E-state index in [9.17, 15) is 4.79 Å². The molecule has 1 aliphatic heterocycles. The molecule has 2 unspecified atom stereocenters. The average molecular weight is 348 g/mol. The highest BCUT2D eigenvalue weighted by Gasteiger charge is 2.25. The molecule has 1 fully saturated rings. The molecule has 2 aromatic heterocycles. The molecule has 0 aromatic carbocycles. The van der Waals surface area contributed by atoms with E-state index in [0.717, 1.165) is 35.4 Å². The maximum Gasteiger partial charge on any atom is 0.233 e. The predicted molar refractivity (Wildman–Crippen MR) is 93.7 cm³/mol. The lowest BCUT2D eigenvalue weighted by molar-refractivity contribution is -0.130. The number of likely N-dealkylation sites (tertiary alicyclic amines) is 1. The Morgan fingerprint density at radius 1 is 1.33 bits per heavy atom. The highest BCUT2D eigenvalue weighted by atomic mass is 32.2. The van der Waals surface area contributed by atoms with E-state index in [2.05, 4.69) is 24.0 Å². The summed E-state index contributed by atoms with van der Waals surface area (Å²) < 4.78 is 7.25. The summed E-state index contributed by atoms with van der Waals surface area (Å²) in [6, 6.07) is 1.88. The Hall–Kier alpha value is -1.76. The SMILES string of the molecule is Cc1occc1-c1nnc(SCC(=O)N2CC(C)CC(C)C2)n1C. The normalized spacial score (nSPS) is 21.2. The fraction of sp³-hybridized carbons (Fsp3) is 0.588. The van der Waals surface area contributed by atoms with Gasteiger partial charge in [0.05, 0.1) is 17.6 Å². The second-order valence-corrected chi connectivity index (χ2v) is 7.73. The highest BCUT2D eigenvalue weighted by Crippen LogP contribution is 2.27. The van der Waals surface area contributed by atoms with Gasteiger partial charge in [0.2, 0.25) is 5.91 Å². The summed E-state index contributed by atoms with van der Waals surface area (Å²) in [5.41, 5.74) is 0.932. The number of aromatic nitrogens is 3. The monoisotopic (exact) mass is 348 g/mol. The van der Waals surface area contributed by atoms with Crippen molar-refractivity contribution >= 4 is 17.7 Å². The lowest BCUT2D eigenvalue weighted by Crippen LogP contribution is -2.43. The summed E-state index contributed by atoms with van der Waals surface area (Å²) >= 11 is 1.44. The molecule has 0 bridgehead atoms. The van der Waals surface area contributed by atoms with Crippen LogP contribution in [0.2, 0.25) is 0 Å². The molecule has 1 aliphatic rings.